The van der Waals surface area contributed by atoms with Crippen LogP contribution in [-0.4, -0.2) is 35.2 Å². The summed E-state index contributed by atoms with van der Waals surface area (Å²) in [6, 6.07) is 12.3. The lowest BCUT2D eigenvalue weighted by Crippen LogP contribution is -2.31. The molecule has 3 aromatic heterocycles. The number of H-pyrrole nitrogens is 1. The highest BCUT2D eigenvalue weighted by molar-refractivity contribution is 14.1. The number of rotatable bonds is 7. The number of halogens is 1. The second-order valence-corrected chi connectivity index (χ2v) is 9.84. The Kier molecular flexibility index (Phi) is 6.23. The maximum absolute atomic E-state index is 12.7. The normalized spacial score (nSPS) is 11.5. The van der Waals surface area contributed by atoms with Crippen LogP contribution in [0.5, 0.6) is 0 Å². The monoisotopic (exact) mass is 603 g/mol. The van der Waals surface area contributed by atoms with E-state index in [4.69, 9.17) is 9.52 Å². The van der Waals surface area contributed by atoms with Crippen LogP contribution in [0.15, 0.2) is 61.7 Å². The molecule has 0 fully saturated rings. The molecule has 5 rings (SSSR count). The van der Waals surface area contributed by atoms with Gasteiger partial charge in [0.1, 0.15) is 11.3 Å². The number of nitrogens with one attached hydrogen (secondary N) is 1. The maximum atomic E-state index is 12.7. The summed E-state index contributed by atoms with van der Waals surface area (Å²) < 4.78 is 10.0. The molecule has 0 radical (unpaired) electrons. The number of nitrogens with zero attached hydrogens (tertiary/aromatic N) is 4. The van der Waals surface area contributed by atoms with Crippen LogP contribution < -0.4 is 11.2 Å². The molecule has 0 aliphatic carbocycles. The zero-order valence-corrected chi connectivity index (χ0v) is 21.3. The number of aryl methyl sites for hydroxylation is 1. The fourth-order valence-electron chi connectivity index (χ4n) is 3.81. The van der Waals surface area contributed by atoms with E-state index in [-0.39, 0.29) is 12.1 Å². The van der Waals surface area contributed by atoms with Crippen LogP contribution >= 0.6 is 34.4 Å². The Morgan fingerprint density at radius 3 is 2.63 bits per heavy atom. The molecule has 0 bridgehead atoms. The average molecular weight is 603 g/mol. The van der Waals surface area contributed by atoms with Gasteiger partial charge in [0.05, 0.1) is 17.9 Å². The largest absolute Gasteiger partial charge is 0.478 e. The highest BCUT2D eigenvalue weighted by Crippen LogP contribution is 2.27. The van der Waals surface area contributed by atoms with Crippen molar-refractivity contribution in [3.63, 3.8) is 0 Å². The molecule has 0 saturated carbocycles. The Morgan fingerprint density at radius 2 is 1.91 bits per heavy atom. The minimum atomic E-state index is -1.05. The molecular formula is C23H18IN5O5S. The number of imidazole rings is 1. The average Bonchev–Trinajstić information content (AvgIpc) is 3.42. The Bertz CT molecular complexity index is 1700. The number of thioether (sulfide) groups is 1. The van der Waals surface area contributed by atoms with Crippen LogP contribution in [0.2, 0.25) is 0 Å². The number of carboxylic acids is 1. The van der Waals surface area contributed by atoms with Crippen molar-refractivity contribution in [1.29, 1.82) is 0 Å². The van der Waals surface area contributed by atoms with Crippen LogP contribution in [0.4, 0.5) is 0 Å². The molecule has 0 atom stereocenters. The van der Waals surface area contributed by atoms with Gasteiger partial charge in [-0.3, -0.25) is 14.3 Å². The van der Waals surface area contributed by atoms with E-state index in [9.17, 15) is 14.4 Å². The van der Waals surface area contributed by atoms with Gasteiger partial charge in [0.15, 0.2) is 16.7 Å². The topological polar surface area (TPSA) is 136 Å². The smallest absolute Gasteiger partial charge is 0.335 e. The second-order valence-electron chi connectivity index (χ2n) is 7.67. The Labute approximate surface area is 215 Å². The quantitative estimate of drug-likeness (QED) is 0.213. The summed E-state index contributed by atoms with van der Waals surface area (Å²) in [6.45, 7) is 2.65. The summed E-state index contributed by atoms with van der Waals surface area (Å²) in [7, 11) is 0. The van der Waals surface area contributed by atoms with Crippen molar-refractivity contribution >= 4 is 62.6 Å². The molecule has 0 unspecified atom stereocenters. The summed E-state index contributed by atoms with van der Waals surface area (Å²) in [5, 5.41) is 9.52. The van der Waals surface area contributed by atoms with Gasteiger partial charge in [-0.15, -0.1) is 0 Å². The molecule has 5 aromatic rings. The third kappa shape index (κ3) is 4.50. The first-order valence-corrected chi connectivity index (χ1v) is 12.6. The van der Waals surface area contributed by atoms with Gasteiger partial charge >= 0.3 is 11.7 Å². The maximum Gasteiger partial charge on any atom is 0.335 e. The van der Waals surface area contributed by atoms with E-state index in [0.717, 1.165) is 9.13 Å². The van der Waals surface area contributed by atoms with E-state index in [1.54, 1.807) is 10.6 Å². The van der Waals surface area contributed by atoms with Gasteiger partial charge in [-0.25, -0.2) is 19.6 Å². The van der Waals surface area contributed by atoms with Crippen molar-refractivity contribution in [3.8, 4) is 0 Å². The van der Waals surface area contributed by atoms with Gasteiger partial charge in [0, 0.05) is 10.1 Å². The molecule has 0 spiro atoms. The van der Waals surface area contributed by atoms with Crippen molar-refractivity contribution in [2.75, 3.05) is 0 Å². The van der Waals surface area contributed by atoms with E-state index in [1.165, 1.54) is 28.5 Å². The molecule has 2 aromatic carbocycles. The number of oxazole rings is 1. The lowest BCUT2D eigenvalue weighted by molar-refractivity contribution is 0.0697. The number of fused-ring (bicyclic) bond motifs is 2. The van der Waals surface area contributed by atoms with Crippen LogP contribution in [0.25, 0.3) is 22.3 Å². The first-order chi connectivity index (χ1) is 16.8. The summed E-state index contributed by atoms with van der Waals surface area (Å²) in [5.74, 6) is -0.123. The van der Waals surface area contributed by atoms with Gasteiger partial charge in [0.2, 0.25) is 0 Å². The van der Waals surface area contributed by atoms with Crippen molar-refractivity contribution in [2.24, 2.45) is 0 Å². The van der Waals surface area contributed by atoms with Gasteiger partial charge in [-0.05, 0) is 65.4 Å². The van der Waals surface area contributed by atoms with E-state index in [1.807, 2.05) is 31.2 Å². The van der Waals surface area contributed by atoms with Gasteiger partial charge in [0.25, 0.3) is 10.8 Å². The van der Waals surface area contributed by atoms with Crippen molar-refractivity contribution in [1.82, 2.24) is 24.1 Å². The molecule has 0 saturated heterocycles. The summed E-state index contributed by atoms with van der Waals surface area (Å²) in [6.07, 6.45) is 0. The number of carbonyl (C=O) groups is 1. The van der Waals surface area contributed by atoms with Crippen LogP contribution in [-0.2, 0) is 18.8 Å². The minimum Gasteiger partial charge on any atom is -0.478 e. The third-order valence-corrected chi connectivity index (χ3v) is 7.02. The molecular weight excluding hydrogens is 585 g/mol. The number of benzene rings is 2. The number of hydrogen-bond donors (Lipinski definition) is 2. The first kappa shape index (κ1) is 23.4. The third-order valence-electron chi connectivity index (χ3n) is 5.48. The Morgan fingerprint density at radius 1 is 1.14 bits per heavy atom. The van der Waals surface area contributed by atoms with E-state index >= 15 is 0 Å². The molecule has 2 N–H and O–H groups in total. The first-order valence-electron chi connectivity index (χ1n) is 10.6. The minimum absolute atomic E-state index is 0.114. The SMILES string of the molecule is CCn1c(CSc2nc3ccc(C(=O)O)cc3o2)nc2c1c(=O)[nH]c(=O)n2Cc1ccc(I)cc1. The van der Waals surface area contributed by atoms with Crippen LogP contribution in [0.3, 0.4) is 0 Å². The van der Waals surface area contributed by atoms with E-state index < -0.39 is 17.2 Å². The molecule has 178 valence electrons. The highest BCUT2D eigenvalue weighted by atomic mass is 127. The number of aromatic amines is 1. The van der Waals surface area contributed by atoms with E-state index in [2.05, 4.69) is 37.5 Å². The summed E-state index contributed by atoms with van der Waals surface area (Å²) >= 11 is 3.49. The molecule has 0 aliphatic heterocycles. The lowest BCUT2D eigenvalue weighted by Gasteiger charge is -2.07. The van der Waals surface area contributed by atoms with Crippen molar-refractivity contribution in [3.05, 3.63) is 83.8 Å². The van der Waals surface area contributed by atoms with Gasteiger partial charge in [-0.1, -0.05) is 23.9 Å². The zero-order chi connectivity index (χ0) is 24.7. The molecule has 0 aliphatic rings. The fraction of sp³-hybridized carbons (Fsp3) is 0.174. The fourth-order valence-corrected chi connectivity index (χ4v) is 4.96. The summed E-state index contributed by atoms with van der Waals surface area (Å²) in [5.41, 5.74) is 1.59. The Balaban J connectivity index is 1.50. The van der Waals surface area contributed by atoms with Gasteiger partial charge in [-0.2, -0.15) is 0 Å². The van der Waals surface area contributed by atoms with Crippen molar-refractivity contribution < 1.29 is 14.3 Å². The molecule has 3 heterocycles. The number of aromatic carboxylic acids is 1. The van der Waals surface area contributed by atoms with Crippen LogP contribution in [0, 0.1) is 3.57 Å². The number of aromatic nitrogens is 5. The Hall–Kier alpha value is -3.39. The molecule has 35 heavy (non-hydrogen) atoms. The molecule has 12 heteroatoms. The molecule has 0 amide bonds. The highest BCUT2D eigenvalue weighted by Gasteiger charge is 2.19. The van der Waals surface area contributed by atoms with Gasteiger partial charge < -0.3 is 14.1 Å². The molecule has 10 nitrogen and oxygen atoms in total. The predicted octanol–water partition coefficient (Wildman–Crippen LogP) is 3.69. The summed E-state index contributed by atoms with van der Waals surface area (Å²) in [4.78, 5) is 48.0. The standard InChI is InChI=1S/C23H18IN5O5S/c1-2-28-17(11-35-23-25-15-8-5-13(21(31)32)9-16(15)34-23)26-19-18(28)20(30)27-22(33)29(19)10-12-3-6-14(24)7-4-12/h3-9H,2,10-11H2,1H3,(H,31,32)(H,27,30,33). The lowest BCUT2D eigenvalue weighted by atomic mass is 10.2. The predicted molar refractivity (Wildman–Crippen MR) is 139 cm³/mol. The number of carboxylic acid groups (broad SMARTS) is 1. The zero-order valence-electron chi connectivity index (χ0n) is 18.3. The van der Waals surface area contributed by atoms with E-state index in [0.29, 0.717) is 45.6 Å². The van der Waals surface area contributed by atoms with Crippen LogP contribution in [0.1, 0.15) is 28.7 Å². The second kappa shape index (κ2) is 9.34. The number of hydrogen-bond acceptors (Lipinski definition) is 7. The van der Waals surface area contributed by atoms with Crippen molar-refractivity contribution in [2.45, 2.75) is 31.0 Å².